The summed E-state index contributed by atoms with van der Waals surface area (Å²) in [5.41, 5.74) is 3.39. The summed E-state index contributed by atoms with van der Waals surface area (Å²) in [7, 11) is 3.24. The fourth-order valence-corrected chi connectivity index (χ4v) is 4.02. The van der Waals surface area contributed by atoms with Crippen molar-refractivity contribution in [2.45, 2.75) is 25.4 Å². The molecule has 1 aliphatic rings. The molecule has 0 aliphatic carbocycles. The van der Waals surface area contributed by atoms with Gasteiger partial charge in [0.25, 0.3) is 0 Å². The summed E-state index contributed by atoms with van der Waals surface area (Å²) in [5, 5.41) is 7.15. The van der Waals surface area contributed by atoms with Gasteiger partial charge in [0.1, 0.15) is 17.3 Å². The van der Waals surface area contributed by atoms with Gasteiger partial charge in [0.15, 0.2) is 0 Å². The molecule has 5 nitrogen and oxygen atoms in total. The van der Waals surface area contributed by atoms with Gasteiger partial charge in [-0.3, -0.25) is 10.00 Å². The number of aromatic amines is 1. The molecule has 0 unspecified atom stereocenters. The number of nitrogens with zero attached hydrogens (tertiary/aromatic N) is 2. The second-order valence-electron chi connectivity index (χ2n) is 6.99. The lowest BCUT2D eigenvalue weighted by molar-refractivity contribution is 0.243. The first kappa shape index (κ1) is 18.5. The van der Waals surface area contributed by atoms with Crippen LogP contribution >= 0.6 is 0 Å². The lowest BCUT2D eigenvalue weighted by Gasteiger charge is -2.26. The van der Waals surface area contributed by atoms with Crippen LogP contribution in [-0.2, 0) is 6.54 Å². The summed E-state index contributed by atoms with van der Waals surface area (Å²) in [6.45, 7) is 1.68. The molecule has 6 heteroatoms. The number of aromatic nitrogens is 2. The van der Waals surface area contributed by atoms with Gasteiger partial charge in [-0.05, 0) is 37.6 Å². The van der Waals surface area contributed by atoms with Crippen molar-refractivity contribution in [2.75, 3.05) is 20.8 Å². The maximum absolute atomic E-state index is 14.6. The minimum atomic E-state index is -0.326. The number of ether oxygens (including phenoxy) is 2. The Hall–Kier alpha value is -2.86. The average Bonchev–Trinajstić information content (AvgIpc) is 3.37. The fourth-order valence-electron chi connectivity index (χ4n) is 4.02. The molecule has 1 N–H and O–H groups in total. The van der Waals surface area contributed by atoms with Gasteiger partial charge in [-0.15, -0.1) is 0 Å². The Labute approximate surface area is 164 Å². The Morgan fingerprint density at radius 2 is 2.04 bits per heavy atom. The predicted molar refractivity (Wildman–Crippen MR) is 106 cm³/mol. The number of benzene rings is 2. The van der Waals surface area contributed by atoms with Crippen LogP contribution in [0.1, 0.15) is 30.0 Å². The largest absolute Gasteiger partial charge is 0.497 e. The maximum Gasteiger partial charge on any atom is 0.136 e. The van der Waals surface area contributed by atoms with E-state index >= 15 is 0 Å². The Balaban J connectivity index is 1.61. The number of rotatable bonds is 6. The first-order valence-corrected chi connectivity index (χ1v) is 9.44. The molecule has 1 saturated heterocycles. The number of methoxy groups -OCH3 is 2. The van der Waals surface area contributed by atoms with Crippen LogP contribution in [0.2, 0.25) is 0 Å². The second kappa shape index (κ2) is 8.02. The van der Waals surface area contributed by atoms with Gasteiger partial charge >= 0.3 is 0 Å². The van der Waals surface area contributed by atoms with E-state index in [1.54, 1.807) is 25.4 Å². The molecule has 0 radical (unpaired) electrons. The van der Waals surface area contributed by atoms with Crippen molar-refractivity contribution in [2.24, 2.45) is 0 Å². The molecule has 0 spiro atoms. The van der Waals surface area contributed by atoms with E-state index in [0.29, 0.717) is 23.6 Å². The molecule has 2 aromatic carbocycles. The molecule has 2 heterocycles. The van der Waals surface area contributed by atoms with Gasteiger partial charge < -0.3 is 9.47 Å². The average molecular weight is 381 g/mol. The summed E-state index contributed by atoms with van der Waals surface area (Å²) in [4.78, 5) is 2.41. The number of likely N-dealkylation sites (tertiary alicyclic amines) is 1. The predicted octanol–water partition coefficient (Wildman–Crippen LogP) is 4.57. The van der Waals surface area contributed by atoms with Crippen molar-refractivity contribution in [1.82, 2.24) is 15.1 Å². The first-order valence-electron chi connectivity index (χ1n) is 9.44. The third kappa shape index (κ3) is 3.47. The third-order valence-corrected chi connectivity index (χ3v) is 5.40. The molecular weight excluding hydrogens is 357 g/mol. The Morgan fingerprint density at radius 1 is 1.18 bits per heavy atom. The molecule has 1 aliphatic heterocycles. The molecule has 1 aromatic heterocycles. The van der Waals surface area contributed by atoms with Crippen LogP contribution < -0.4 is 9.47 Å². The highest BCUT2D eigenvalue weighted by molar-refractivity contribution is 5.64. The summed E-state index contributed by atoms with van der Waals surface area (Å²) in [6.07, 6.45) is 3.98. The topological polar surface area (TPSA) is 50.4 Å². The monoisotopic (exact) mass is 381 g/mol. The zero-order chi connectivity index (χ0) is 19.5. The van der Waals surface area contributed by atoms with Gasteiger partial charge in [-0.25, -0.2) is 4.39 Å². The maximum atomic E-state index is 14.6. The number of H-pyrrole nitrogens is 1. The number of hydrogen-bond donors (Lipinski definition) is 1. The van der Waals surface area contributed by atoms with E-state index in [0.717, 1.165) is 30.7 Å². The van der Waals surface area contributed by atoms with E-state index < -0.39 is 0 Å². The normalized spacial score (nSPS) is 17.0. The van der Waals surface area contributed by atoms with Gasteiger partial charge in [0.05, 0.1) is 26.1 Å². The highest BCUT2D eigenvalue weighted by atomic mass is 19.1. The lowest BCUT2D eigenvalue weighted by atomic mass is 10.0. The molecule has 4 rings (SSSR count). The summed E-state index contributed by atoms with van der Waals surface area (Å²) < 4.78 is 25.2. The number of nitrogens with one attached hydrogen (secondary N) is 1. The van der Waals surface area contributed by atoms with Crippen LogP contribution in [0.3, 0.4) is 0 Å². The van der Waals surface area contributed by atoms with Crippen LogP contribution in [0.4, 0.5) is 4.39 Å². The first-order chi connectivity index (χ1) is 13.7. The molecule has 1 fully saturated rings. The fraction of sp³-hybridized carbons (Fsp3) is 0.318. The summed E-state index contributed by atoms with van der Waals surface area (Å²) in [6, 6.07) is 13.3. The van der Waals surface area contributed by atoms with Crippen LogP contribution in [0.15, 0.2) is 48.7 Å². The Bertz CT molecular complexity index is 956. The zero-order valence-electron chi connectivity index (χ0n) is 16.1. The molecule has 0 saturated carbocycles. The second-order valence-corrected chi connectivity index (χ2v) is 6.99. The summed E-state index contributed by atoms with van der Waals surface area (Å²) >= 11 is 0. The van der Waals surface area contributed by atoms with Gasteiger partial charge in [0, 0.05) is 35.3 Å². The van der Waals surface area contributed by atoms with E-state index in [2.05, 4.69) is 21.2 Å². The molecule has 1 atom stereocenters. The van der Waals surface area contributed by atoms with Crippen LogP contribution in [0, 0.1) is 5.82 Å². The summed E-state index contributed by atoms with van der Waals surface area (Å²) in [5.74, 6) is 1.08. The van der Waals surface area contributed by atoms with E-state index in [1.807, 2.05) is 18.2 Å². The minimum Gasteiger partial charge on any atom is -0.497 e. The molecule has 146 valence electrons. The van der Waals surface area contributed by atoms with E-state index in [4.69, 9.17) is 9.47 Å². The highest BCUT2D eigenvalue weighted by Crippen LogP contribution is 2.38. The van der Waals surface area contributed by atoms with Gasteiger partial charge in [0.2, 0.25) is 0 Å². The Morgan fingerprint density at radius 3 is 2.82 bits per heavy atom. The van der Waals surface area contributed by atoms with Gasteiger partial charge in [-0.1, -0.05) is 18.2 Å². The number of halogens is 1. The van der Waals surface area contributed by atoms with Crippen molar-refractivity contribution in [3.05, 3.63) is 65.6 Å². The molecule has 3 aromatic rings. The quantitative estimate of drug-likeness (QED) is 0.680. The minimum absolute atomic E-state index is 0.277. The smallest absolute Gasteiger partial charge is 0.136 e. The zero-order valence-corrected chi connectivity index (χ0v) is 16.1. The third-order valence-electron chi connectivity index (χ3n) is 5.40. The van der Waals surface area contributed by atoms with Crippen LogP contribution in [-0.4, -0.2) is 35.9 Å². The van der Waals surface area contributed by atoms with Crippen molar-refractivity contribution < 1.29 is 13.9 Å². The molecule has 0 amide bonds. The van der Waals surface area contributed by atoms with Gasteiger partial charge in [-0.2, -0.15) is 5.10 Å². The van der Waals surface area contributed by atoms with Crippen molar-refractivity contribution in [3.8, 4) is 22.8 Å². The lowest BCUT2D eigenvalue weighted by Crippen LogP contribution is -2.23. The SMILES string of the molecule is COc1ccc(-c2[nH]ncc2CN2CCC[C@@H]2c2ccccc2OC)c(F)c1. The van der Waals surface area contributed by atoms with Crippen molar-refractivity contribution in [1.29, 1.82) is 0 Å². The Kier molecular flexibility index (Phi) is 5.30. The van der Waals surface area contributed by atoms with Crippen molar-refractivity contribution in [3.63, 3.8) is 0 Å². The van der Waals surface area contributed by atoms with Crippen LogP contribution in [0.25, 0.3) is 11.3 Å². The molecular formula is C22H24FN3O2. The molecule has 0 bridgehead atoms. The molecule has 28 heavy (non-hydrogen) atoms. The van der Waals surface area contributed by atoms with E-state index in [1.165, 1.54) is 18.7 Å². The number of hydrogen-bond acceptors (Lipinski definition) is 4. The van der Waals surface area contributed by atoms with Crippen LogP contribution in [0.5, 0.6) is 11.5 Å². The number of para-hydroxylation sites is 1. The van der Waals surface area contributed by atoms with Crippen molar-refractivity contribution >= 4 is 0 Å². The van der Waals surface area contributed by atoms with E-state index in [-0.39, 0.29) is 11.9 Å². The van der Waals surface area contributed by atoms with E-state index in [9.17, 15) is 4.39 Å². The highest BCUT2D eigenvalue weighted by Gasteiger charge is 2.29. The standard InChI is InChI=1S/C22H24FN3O2/c1-27-16-9-10-17(19(23)12-16)22-15(13-24-25-22)14-26-11-5-7-20(26)18-6-3-4-8-21(18)28-2/h3-4,6,8-10,12-13,20H,5,7,11,14H2,1-2H3,(H,24,25)/t20-/m1/s1.